The molecule has 1 heterocycles. The zero-order chi connectivity index (χ0) is 14.3. The molecule has 2 aromatic rings. The Kier molecular flexibility index (Phi) is 3.36. The number of nitrogens with one attached hydrogen (secondary N) is 1. The smallest absolute Gasteiger partial charge is 0.228 e. The van der Waals surface area contributed by atoms with Gasteiger partial charge in [0.1, 0.15) is 0 Å². The molecule has 0 radical (unpaired) electrons. The molecular weight excluding hydrogens is 342 g/mol. The van der Waals surface area contributed by atoms with Crippen molar-refractivity contribution in [3.8, 4) is 0 Å². The molecule has 0 saturated carbocycles. The number of hydrogen-bond acceptors (Lipinski definition) is 2. The van der Waals surface area contributed by atoms with E-state index in [-0.39, 0.29) is 11.7 Å². The van der Waals surface area contributed by atoms with Crippen molar-refractivity contribution in [2.24, 2.45) is 0 Å². The molecule has 0 fully saturated rings. The van der Waals surface area contributed by atoms with Gasteiger partial charge in [0.15, 0.2) is 5.78 Å². The van der Waals surface area contributed by atoms with Gasteiger partial charge >= 0.3 is 0 Å². The Hall–Kier alpha value is -1.65. The quantitative estimate of drug-likeness (QED) is 0.837. The fraction of sp³-hybridized carbons (Fsp3) is 0.0667. The Morgan fingerprint density at radius 3 is 2.60 bits per heavy atom. The summed E-state index contributed by atoms with van der Waals surface area (Å²) < 4.78 is 0.683. The Labute approximate surface area is 129 Å². The molecule has 0 saturated heterocycles. The number of benzene rings is 2. The number of carbonyl (C=O) groups excluding carboxylic acids is 2. The summed E-state index contributed by atoms with van der Waals surface area (Å²) in [4.78, 5) is 23.7. The average molecular weight is 351 g/mol. The molecule has 0 atom stereocenters. The summed E-state index contributed by atoms with van der Waals surface area (Å²) in [5, 5.41) is 3.31. The van der Waals surface area contributed by atoms with Gasteiger partial charge in [-0.3, -0.25) is 9.59 Å². The number of fused-ring (bicyclic) bond motifs is 1. The van der Waals surface area contributed by atoms with Gasteiger partial charge in [-0.2, -0.15) is 0 Å². The summed E-state index contributed by atoms with van der Waals surface area (Å²) in [7, 11) is 0. The highest BCUT2D eigenvalue weighted by Crippen LogP contribution is 2.27. The molecule has 3 rings (SSSR count). The summed E-state index contributed by atoms with van der Waals surface area (Å²) in [6.07, 6.45) is 0.320. The monoisotopic (exact) mass is 349 g/mol. The minimum Gasteiger partial charge on any atom is -0.326 e. The number of anilines is 1. The summed E-state index contributed by atoms with van der Waals surface area (Å²) in [6, 6.07) is 10.3. The molecule has 20 heavy (non-hydrogen) atoms. The molecular formula is C15H9BrClNO2. The van der Waals surface area contributed by atoms with Crippen molar-refractivity contribution in [3.63, 3.8) is 0 Å². The fourth-order valence-electron chi connectivity index (χ4n) is 2.17. The van der Waals surface area contributed by atoms with Gasteiger partial charge in [0.2, 0.25) is 5.91 Å². The molecule has 0 aliphatic carbocycles. The van der Waals surface area contributed by atoms with Crippen LogP contribution < -0.4 is 5.32 Å². The standard InChI is InChI=1S/C15H9BrClNO2/c16-11-6-9(1-3-12(11)17)15(20)8-2-4-13-10(5-8)7-14(19)18-13/h1-6H,7H2,(H,18,19). The van der Waals surface area contributed by atoms with Gasteiger partial charge in [-0.25, -0.2) is 0 Å². The van der Waals surface area contributed by atoms with Crippen molar-refractivity contribution in [2.45, 2.75) is 6.42 Å². The van der Waals surface area contributed by atoms with Gasteiger partial charge in [-0.1, -0.05) is 11.6 Å². The molecule has 0 spiro atoms. The van der Waals surface area contributed by atoms with Gasteiger partial charge < -0.3 is 5.32 Å². The Bertz CT molecular complexity index is 743. The van der Waals surface area contributed by atoms with Crippen LogP contribution in [-0.4, -0.2) is 11.7 Å². The minimum absolute atomic E-state index is 0.0427. The van der Waals surface area contributed by atoms with E-state index in [0.29, 0.717) is 27.0 Å². The van der Waals surface area contributed by atoms with Gasteiger partial charge in [0.05, 0.1) is 11.4 Å². The van der Waals surface area contributed by atoms with Gasteiger partial charge in [-0.15, -0.1) is 0 Å². The maximum atomic E-state index is 12.4. The maximum Gasteiger partial charge on any atom is 0.228 e. The normalized spacial score (nSPS) is 13.0. The van der Waals surface area contributed by atoms with Crippen LogP contribution in [0.4, 0.5) is 5.69 Å². The summed E-state index contributed by atoms with van der Waals surface area (Å²) in [6.45, 7) is 0. The van der Waals surface area contributed by atoms with Crippen LogP contribution in [0.3, 0.4) is 0 Å². The van der Waals surface area contributed by atoms with Crippen molar-refractivity contribution in [1.82, 2.24) is 0 Å². The van der Waals surface area contributed by atoms with E-state index in [1.165, 1.54) is 0 Å². The average Bonchev–Trinajstić information content (AvgIpc) is 2.80. The third kappa shape index (κ3) is 2.37. The zero-order valence-electron chi connectivity index (χ0n) is 10.2. The lowest BCUT2D eigenvalue weighted by Gasteiger charge is -2.05. The summed E-state index contributed by atoms with van der Waals surface area (Å²) in [5.74, 6) is -0.136. The van der Waals surface area contributed by atoms with Crippen LogP contribution in [0.15, 0.2) is 40.9 Å². The van der Waals surface area contributed by atoms with Crippen LogP contribution in [0.2, 0.25) is 5.02 Å². The zero-order valence-corrected chi connectivity index (χ0v) is 12.6. The van der Waals surface area contributed by atoms with E-state index in [0.717, 1.165) is 11.3 Å². The van der Waals surface area contributed by atoms with Crippen LogP contribution in [-0.2, 0) is 11.2 Å². The van der Waals surface area contributed by atoms with Crippen LogP contribution in [0, 0.1) is 0 Å². The first kappa shape index (κ1) is 13.3. The third-order valence-electron chi connectivity index (χ3n) is 3.17. The lowest BCUT2D eigenvalue weighted by Crippen LogP contribution is -2.03. The highest BCUT2D eigenvalue weighted by atomic mass is 79.9. The van der Waals surface area contributed by atoms with Crippen molar-refractivity contribution in [1.29, 1.82) is 0 Å². The minimum atomic E-state index is -0.0930. The molecule has 0 aromatic heterocycles. The number of carbonyl (C=O) groups is 2. The van der Waals surface area contributed by atoms with Crippen LogP contribution in [0.5, 0.6) is 0 Å². The number of amides is 1. The van der Waals surface area contributed by atoms with E-state index in [4.69, 9.17) is 11.6 Å². The number of halogens is 2. The topological polar surface area (TPSA) is 46.2 Å². The van der Waals surface area contributed by atoms with Gasteiger partial charge in [-0.05, 0) is 57.9 Å². The van der Waals surface area contributed by atoms with Gasteiger partial charge in [0.25, 0.3) is 0 Å². The lowest BCUT2D eigenvalue weighted by molar-refractivity contribution is -0.115. The van der Waals surface area contributed by atoms with Crippen LogP contribution in [0.1, 0.15) is 21.5 Å². The molecule has 2 aromatic carbocycles. The number of ketones is 1. The molecule has 1 aliphatic rings. The Balaban J connectivity index is 1.97. The number of rotatable bonds is 2. The van der Waals surface area contributed by atoms with E-state index in [2.05, 4.69) is 21.2 Å². The van der Waals surface area contributed by atoms with Crippen molar-refractivity contribution in [3.05, 3.63) is 62.6 Å². The van der Waals surface area contributed by atoms with E-state index in [1.54, 1.807) is 36.4 Å². The van der Waals surface area contributed by atoms with Crippen molar-refractivity contribution < 1.29 is 9.59 Å². The summed E-state index contributed by atoms with van der Waals surface area (Å²) in [5.41, 5.74) is 2.76. The second-order valence-corrected chi connectivity index (χ2v) is 5.82. The van der Waals surface area contributed by atoms with Crippen molar-refractivity contribution >= 4 is 44.9 Å². The molecule has 100 valence electrons. The second kappa shape index (κ2) is 5.04. The van der Waals surface area contributed by atoms with Crippen molar-refractivity contribution in [2.75, 3.05) is 5.32 Å². The molecule has 0 bridgehead atoms. The first-order chi connectivity index (χ1) is 9.54. The molecule has 1 N–H and O–H groups in total. The van der Waals surface area contributed by atoms with Crippen LogP contribution in [0.25, 0.3) is 0 Å². The van der Waals surface area contributed by atoms with Gasteiger partial charge in [0, 0.05) is 21.3 Å². The van der Waals surface area contributed by atoms with Crippen LogP contribution >= 0.6 is 27.5 Å². The van der Waals surface area contributed by atoms with E-state index < -0.39 is 0 Å². The molecule has 1 amide bonds. The Morgan fingerprint density at radius 2 is 1.85 bits per heavy atom. The van der Waals surface area contributed by atoms with E-state index in [9.17, 15) is 9.59 Å². The second-order valence-electron chi connectivity index (χ2n) is 4.55. The third-order valence-corrected chi connectivity index (χ3v) is 4.39. The molecule has 1 aliphatic heterocycles. The van der Waals surface area contributed by atoms with E-state index >= 15 is 0 Å². The Morgan fingerprint density at radius 1 is 1.15 bits per heavy atom. The predicted octanol–water partition coefficient (Wildman–Crippen LogP) is 3.83. The fourth-order valence-corrected chi connectivity index (χ4v) is 2.67. The summed E-state index contributed by atoms with van der Waals surface area (Å²) >= 11 is 9.23. The molecule has 3 nitrogen and oxygen atoms in total. The molecule has 5 heteroatoms. The van der Waals surface area contributed by atoms with E-state index in [1.807, 2.05) is 0 Å². The lowest BCUT2D eigenvalue weighted by atomic mass is 10.0. The first-order valence-corrected chi connectivity index (χ1v) is 7.14. The maximum absolute atomic E-state index is 12.4. The highest BCUT2D eigenvalue weighted by molar-refractivity contribution is 9.10. The predicted molar refractivity (Wildman–Crippen MR) is 81.4 cm³/mol. The number of hydrogen-bond donors (Lipinski definition) is 1. The SMILES string of the molecule is O=C1Cc2cc(C(=O)c3ccc(Cl)c(Br)c3)ccc2N1. The molecule has 0 unspecified atom stereocenters. The first-order valence-electron chi connectivity index (χ1n) is 5.97. The highest BCUT2D eigenvalue weighted by Gasteiger charge is 2.19. The largest absolute Gasteiger partial charge is 0.326 e.